The van der Waals surface area contributed by atoms with Crippen LogP contribution < -0.4 is 0 Å². The lowest BCUT2D eigenvalue weighted by molar-refractivity contribution is -0.153. The van der Waals surface area contributed by atoms with Crippen LogP contribution in [0.15, 0.2) is 72.8 Å². The van der Waals surface area contributed by atoms with Crippen LogP contribution in [0.4, 0.5) is 0 Å². The van der Waals surface area contributed by atoms with E-state index in [-0.39, 0.29) is 23.8 Å². The molecule has 1 aliphatic heterocycles. The van der Waals surface area contributed by atoms with Gasteiger partial charge in [-0.3, -0.25) is 9.59 Å². The number of ether oxygens (including phenoxy) is 1. The summed E-state index contributed by atoms with van der Waals surface area (Å²) in [6.07, 6.45) is 0. The fourth-order valence-electron chi connectivity index (χ4n) is 5.97. The second kappa shape index (κ2) is 5.12. The Morgan fingerprint density at radius 2 is 0.966 bits per heavy atom. The second-order valence-corrected chi connectivity index (χ2v) is 8.40. The smallest absolute Gasteiger partial charge is 0.318 e. The van der Waals surface area contributed by atoms with Gasteiger partial charge in [0.1, 0.15) is 0 Å². The van der Waals surface area contributed by atoms with Crippen molar-refractivity contribution in [3.05, 3.63) is 95.1 Å². The zero-order chi connectivity index (χ0) is 19.3. The summed E-state index contributed by atoms with van der Waals surface area (Å²) in [6.45, 7) is 0. The fraction of sp³-hybridized carbons (Fsp3) is 0.154. The molecule has 0 radical (unpaired) electrons. The molecule has 0 N–H and O–H groups in total. The predicted molar refractivity (Wildman–Crippen MR) is 110 cm³/mol. The summed E-state index contributed by atoms with van der Waals surface area (Å²) < 4.78 is 5.13. The highest BCUT2D eigenvalue weighted by Gasteiger charge is 2.60. The fourth-order valence-corrected chi connectivity index (χ4v) is 5.97. The second-order valence-electron chi connectivity index (χ2n) is 8.40. The number of carbonyl (C=O) groups excluding carboxylic acids is 2. The van der Waals surface area contributed by atoms with Gasteiger partial charge in [0.15, 0.2) is 0 Å². The molecule has 138 valence electrons. The van der Waals surface area contributed by atoms with Crippen LogP contribution in [0.2, 0.25) is 0 Å². The first-order valence-corrected chi connectivity index (χ1v) is 10.0. The van der Waals surface area contributed by atoms with Crippen LogP contribution in [0.25, 0.3) is 21.5 Å². The molecule has 3 aliphatic carbocycles. The predicted octanol–water partition coefficient (Wildman–Crippen LogP) is 4.90. The van der Waals surface area contributed by atoms with E-state index >= 15 is 0 Å². The number of hydrogen-bond acceptors (Lipinski definition) is 3. The van der Waals surface area contributed by atoms with E-state index in [4.69, 9.17) is 4.74 Å². The number of esters is 2. The van der Waals surface area contributed by atoms with E-state index in [0.717, 1.165) is 11.1 Å². The average Bonchev–Trinajstić information content (AvgIpc) is 3.05. The first-order chi connectivity index (χ1) is 14.2. The van der Waals surface area contributed by atoms with Crippen LogP contribution >= 0.6 is 0 Å². The van der Waals surface area contributed by atoms with Crippen LogP contribution in [0.1, 0.15) is 34.1 Å². The summed E-state index contributed by atoms with van der Waals surface area (Å²) in [5.41, 5.74) is 4.67. The molecule has 3 heteroatoms. The van der Waals surface area contributed by atoms with Crippen molar-refractivity contribution in [3.63, 3.8) is 0 Å². The highest BCUT2D eigenvalue weighted by Crippen LogP contribution is 2.61. The Bertz CT molecular complexity index is 1300. The molecule has 1 saturated heterocycles. The van der Waals surface area contributed by atoms with Crippen molar-refractivity contribution in [1.29, 1.82) is 0 Å². The molecule has 0 saturated carbocycles. The Kier molecular flexibility index (Phi) is 2.73. The molecule has 0 spiro atoms. The highest BCUT2D eigenvalue weighted by molar-refractivity contribution is 6.02. The molecule has 4 aromatic carbocycles. The summed E-state index contributed by atoms with van der Waals surface area (Å²) in [7, 11) is 0. The van der Waals surface area contributed by atoms with Crippen LogP contribution in [-0.2, 0) is 14.3 Å². The van der Waals surface area contributed by atoms with E-state index in [2.05, 4.69) is 60.7 Å². The Labute approximate surface area is 166 Å². The van der Waals surface area contributed by atoms with Gasteiger partial charge in [0.2, 0.25) is 0 Å². The Hall–Kier alpha value is -3.46. The number of benzene rings is 4. The number of fused-ring (bicyclic) bond motifs is 2. The minimum absolute atomic E-state index is 0.119. The molecule has 4 aliphatic rings. The third-order valence-corrected chi connectivity index (χ3v) is 7.09. The van der Waals surface area contributed by atoms with E-state index in [0.29, 0.717) is 0 Å². The van der Waals surface area contributed by atoms with Crippen LogP contribution in [0.3, 0.4) is 0 Å². The molecule has 1 heterocycles. The van der Waals surface area contributed by atoms with Gasteiger partial charge in [0.25, 0.3) is 0 Å². The summed E-state index contributed by atoms with van der Waals surface area (Å²) >= 11 is 0. The van der Waals surface area contributed by atoms with Crippen molar-refractivity contribution in [3.8, 4) is 0 Å². The van der Waals surface area contributed by atoms with E-state index < -0.39 is 11.8 Å². The topological polar surface area (TPSA) is 43.4 Å². The highest BCUT2D eigenvalue weighted by atomic mass is 16.6. The van der Waals surface area contributed by atoms with Gasteiger partial charge in [0, 0.05) is 11.8 Å². The third-order valence-electron chi connectivity index (χ3n) is 7.09. The van der Waals surface area contributed by atoms with E-state index in [1.807, 2.05) is 12.1 Å². The van der Waals surface area contributed by atoms with E-state index in [1.165, 1.54) is 32.7 Å². The van der Waals surface area contributed by atoms with Crippen LogP contribution in [0, 0.1) is 11.8 Å². The molecule has 4 aromatic rings. The maximum Gasteiger partial charge on any atom is 0.318 e. The van der Waals surface area contributed by atoms with Gasteiger partial charge in [0.05, 0.1) is 11.8 Å². The maximum absolute atomic E-state index is 12.6. The van der Waals surface area contributed by atoms with Gasteiger partial charge in [-0.1, -0.05) is 60.7 Å². The Balaban J connectivity index is 1.57. The van der Waals surface area contributed by atoms with Crippen molar-refractivity contribution in [1.82, 2.24) is 0 Å². The summed E-state index contributed by atoms with van der Waals surface area (Å²) in [6, 6.07) is 25.5. The summed E-state index contributed by atoms with van der Waals surface area (Å²) in [4.78, 5) is 25.2. The van der Waals surface area contributed by atoms with Crippen molar-refractivity contribution in [2.45, 2.75) is 11.8 Å². The quantitative estimate of drug-likeness (QED) is 0.249. The third kappa shape index (κ3) is 1.83. The lowest BCUT2D eigenvalue weighted by Gasteiger charge is -2.45. The first kappa shape index (κ1) is 15.5. The van der Waals surface area contributed by atoms with Crippen LogP contribution in [0.5, 0.6) is 0 Å². The Morgan fingerprint density at radius 3 is 1.45 bits per heavy atom. The van der Waals surface area contributed by atoms with Crippen molar-refractivity contribution in [2.75, 3.05) is 0 Å². The average molecular weight is 376 g/mol. The van der Waals surface area contributed by atoms with E-state index in [9.17, 15) is 9.59 Å². The van der Waals surface area contributed by atoms with Gasteiger partial charge in [-0.15, -0.1) is 0 Å². The standard InChI is InChI=1S/C26H16O3/c27-25-23-21-17-7-3-4-8-18(17)22(24(23)26(28)29-25)20-12-16-10-14-6-2-1-5-13(14)9-15(16)11-19(20)21/h1-12,21-24H/t21-,22+,23-,24+. The van der Waals surface area contributed by atoms with Crippen molar-refractivity contribution in [2.24, 2.45) is 11.8 Å². The molecule has 2 bridgehead atoms. The normalized spacial score (nSPS) is 26.3. The van der Waals surface area contributed by atoms with Gasteiger partial charge in [-0.25, -0.2) is 0 Å². The van der Waals surface area contributed by atoms with Gasteiger partial charge in [-0.05, 0) is 55.9 Å². The van der Waals surface area contributed by atoms with Gasteiger partial charge < -0.3 is 4.74 Å². The molecule has 0 aromatic heterocycles. The van der Waals surface area contributed by atoms with Crippen LogP contribution in [-0.4, -0.2) is 11.9 Å². The largest absolute Gasteiger partial charge is 0.393 e. The molecule has 1 fully saturated rings. The maximum atomic E-state index is 12.6. The van der Waals surface area contributed by atoms with E-state index in [1.54, 1.807) is 0 Å². The molecule has 8 rings (SSSR count). The minimum Gasteiger partial charge on any atom is -0.393 e. The molecular formula is C26H16O3. The lowest BCUT2D eigenvalue weighted by Crippen LogP contribution is -2.41. The Morgan fingerprint density at radius 1 is 0.517 bits per heavy atom. The number of hydrogen-bond donors (Lipinski definition) is 0. The van der Waals surface area contributed by atoms with Crippen molar-refractivity contribution >= 4 is 33.5 Å². The molecule has 0 amide bonds. The minimum atomic E-state index is -0.409. The molecular weight excluding hydrogens is 360 g/mol. The number of rotatable bonds is 0. The van der Waals surface area contributed by atoms with Gasteiger partial charge in [-0.2, -0.15) is 0 Å². The molecule has 3 nitrogen and oxygen atoms in total. The summed E-state index contributed by atoms with van der Waals surface area (Å²) in [5.74, 6) is -1.79. The van der Waals surface area contributed by atoms with Crippen molar-refractivity contribution < 1.29 is 14.3 Å². The number of carbonyl (C=O) groups is 2. The zero-order valence-electron chi connectivity index (χ0n) is 15.5. The monoisotopic (exact) mass is 376 g/mol. The molecule has 0 unspecified atom stereocenters. The lowest BCUT2D eigenvalue weighted by atomic mass is 9.54. The number of cyclic esters (lactones) is 2. The SMILES string of the molecule is O=C1OC(=O)[C@H]2[C@H]3c4ccccc4[C@H](c4cc5cc6ccccc6cc5cc43)[C@@H]12. The summed E-state index contributed by atoms with van der Waals surface area (Å²) in [5, 5.41) is 4.74. The first-order valence-electron chi connectivity index (χ1n) is 10.0. The zero-order valence-corrected chi connectivity index (χ0v) is 15.5. The molecule has 29 heavy (non-hydrogen) atoms. The van der Waals surface area contributed by atoms with Gasteiger partial charge >= 0.3 is 11.9 Å². The molecule has 4 atom stereocenters.